The van der Waals surface area contributed by atoms with Gasteiger partial charge in [0.2, 0.25) is 0 Å². The van der Waals surface area contributed by atoms with E-state index in [-0.39, 0.29) is 52.7 Å². The third-order valence-corrected chi connectivity index (χ3v) is 7.65. The highest BCUT2D eigenvalue weighted by atomic mass is 35.5. The summed E-state index contributed by atoms with van der Waals surface area (Å²) in [6.45, 7) is 3.26. The molecule has 37 heavy (non-hydrogen) atoms. The molecule has 4 atom stereocenters. The molecule has 2 aromatic rings. The van der Waals surface area contributed by atoms with Crippen LogP contribution in [0.15, 0.2) is 18.6 Å². The van der Waals surface area contributed by atoms with Gasteiger partial charge in [-0.3, -0.25) is 24.0 Å². The maximum atomic E-state index is 14.2. The van der Waals surface area contributed by atoms with Crippen LogP contribution in [-0.4, -0.2) is 55.5 Å². The predicted molar refractivity (Wildman–Crippen MR) is 128 cm³/mol. The summed E-state index contributed by atoms with van der Waals surface area (Å²) in [6, 6.07) is -0.663. The fraction of sp³-hybridized carbons (Fsp3) is 0.542. The normalized spacial score (nSPS) is 22.7. The molecule has 2 saturated carbocycles. The van der Waals surface area contributed by atoms with E-state index in [0.717, 1.165) is 15.8 Å². The second-order valence-electron chi connectivity index (χ2n) is 9.98. The standard InChI is InChI=1S/C24H25Cl2F3N4O4/c1-11(2)3-4-32(10-18(34)20-16(25)8-30-9-17(20)26)22(35)15-7-31-33(21(15)24(27,28)29)12-5-13-14(6-12)19(13)23(36)37/h7-9,11-14,19H,3-6,10H2,1-2H3,(H,36,37)/t12-,13+,14-,19+. The lowest BCUT2D eigenvalue weighted by molar-refractivity contribution is -0.146. The molecule has 200 valence electrons. The lowest BCUT2D eigenvalue weighted by Crippen LogP contribution is -2.38. The van der Waals surface area contributed by atoms with Gasteiger partial charge < -0.3 is 10.0 Å². The van der Waals surface area contributed by atoms with Crippen LogP contribution < -0.4 is 0 Å². The second kappa shape index (κ2) is 10.2. The van der Waals surface area contributed by atoms with Gasteiger partial charge in [0.05, 0.1) is 45.9 Å². The van der Waals surface area contributed by atoms with Gasteiger partial charge >= 0.3 is 12.1 Å². The highest BCUT2D eigenvalue weighted by Gasteiger charge is 2.61. The van der Waals surface area contributed by atoms with Crippen molar-refractivity contribution in [3.05, 3.63) is 45.5 Å². The molecule has 2 fully saturated rings. The molecule has 0 radical (unpaired) electrons. The zero-order valence-electron chi connectivity index (χ0n) is 20.0. The number of rotatable bonds is 9. The van der Waals surface area contributed by atoms with E-state index >= 15 is 0 Å². The number of amides is 1. The van der Waals surface area contributed by atoms with E-state index in [0.29, 0.717) is 6.42 Å². The van der Waals surface area contributed by atoms with E-state index in [1.165, 1.54) is 12.4 Å². The number of carbonyl (C=O) groups is 3. The Kier molecular flexibility index (Phi) is 7.58. The molecule has 8 nitrogen and oxygen atoms in total. The molecule has 1 amide bonds. The number of alkyl halides is 3. The number of nitrogens with zero attached hydrogens (tertiary/aromatic N) is 4. The number of Topliss-reactive ketones (excluding diaryl/α,β-unsaturated/α-hetero) is 1. The third-order valence-electron chi connectivity index (χ3n) is 7.08. The maximum absolute atomic E-state index is 14.2. The molecular formula is C24H25Cl2F3N4O4. The van der Waals surface area contributed by atoms with Crippen LogP contribution in [0.4, 0.5) is 13.2 Å². The minimum atomic E-state index is -4.90. The van der Waals surface area contributed by atoms with Crippen LogP contribution in [0, 0.1) is 23.7 Å². The Morgan fingerprint density at radius 1 is 1.14 bits per heavy atom. The fourth-order valence-electron chi connectivity index (χ4n) is 5.22. The summed E-state index contributed by atoms with van der Waals surface area (Å²) in [5, 5.41) is 13.1. The lowest BCUT2D eigenvalue weighted by Gasteiger charge is -2.24. The Bertz CT molecular complexity index is 1200. The Morgan fingerprint density at radius 3 is 2.24 bits per heavy atom. The number of hydrogen-bond acceptors (Lipinski definition) is 5. The van der Waals surface area contributed by atoms with Crippen molar-refractivity contribution < 1.29 is 32.7 Å². The molecule has 2 heterocycles. The lowest BCUT2D eigenvalue weighted by atomic mass is 10.1. The molecule has 0 spiro atoms. The quantitative estimate of drug-likeness (QED) is 0.419. The molecule has 4 rings (SSSR count). The Labute approximate surface area is 220 Å². The summed E-state index contributed by atoms with van der Waals surface area (Å²) < 4.78 is 43.5. The smallest absolute Gasteiger partial charge is 0.433 e. The largest absolute Gasteiger partial charge is 0.481 e. The first kappa shape index (κ1) is 27.4. The predicted octanol–water partition coefficient (Wildman–Crippen LogP) is 5.26. The van der Waals surface area contributed by atoms with Crippen LogP contribution in [0.5, 0.6) is 0 Å². The fourth-order valence-corrected chi connectivity index (χ4v) is 5.80. The number of carbonyl (C=O) groups excluding carboxylic acids is 2. The Morgan fingerprint density at radius 2 is 1.73 bits per heavy atom. The number of carboxylic acid groups (broad SMARTS) is 1. The van der Waals surface area contributed by atoms with Crippen molar-refractivity contribution in [1.29, 1.82) is 0 Å². The van der Waals surface area contributed by atoms with Gasteiger partial charge in [-0.2, -0.15) is 18.3 Å². The number of ketones is 1. The monoisotopic (exact) mass is 560 g/mol. The van der Waals surface area contributed by atoms with Gasteiger partial charge in [-0.1, -0.05) is 37.0 Å². The first-order valence-corrected chi connectivity index (χ1v) is 12.6. The van der Waals surface area contributed by atoms with E-state index < -0.39 is 53.6 Å². The molecular weight excluding hydrogens is 536 g/mol. The molecule has 0 aliphatic heterocycles. The highest BCUT2D eigenvalue weighted by Crippen LogP contribution is 2.61. The molecule has 2 aromatic heterocycles. The molecule has 2 aliphatic carbocycles. The van der Waals surface area contributed by atoms with Gasteiger partial charge in [-0.25, -0.2) is 0 Å². The molecule has 0 bridgehead atoms. The number of carboxylic acids is 1. The van der Waals surface area contributed by atoms with Crippen molar-refractivity contribution in [2.45, 2.75) is 45.3 Å². The number of hydrogen-bond donors (Lipinski definition) is 1. The average Bonchev–Trinajstić information content (AvgIpc) is 3.11. The number of pyridine rings is 1. The van der Waals surface area contributed by atoms with Gasteiger partial charge in [-0.05, 0) is 37.0 Å². The van der Waals surface area contributed by atoms with Crippen LogP contribution in [0.2, 0.25) is 10.0 Å². The van der Waals surface area contributed by atoms with Crippen molar-refractivity contribution in [1.82, 2.24) is 19.7 Å². The second-order valence-corrected chi connectivity index (χ2v) is 10.8. The van der Waals surface area contributed by atoms with Crippen LogP contribution >= 0.6 is 23.2 Å². The van der Waals surface area contributed by atoms with E-state index in [1.807, 2.05) is 13.8 Å². The Hall–Kier alpha value is -2.66. The van der Waals surface area contributed by atoms with Crippen LogP contribution in [0.3, 0.4) is 0 Å². The van der Waals surface area contributed by atoms with E-state index in [9.17, 15) is 32.7 Å². The summed E-state index contributed by atoms with van der Waals surface area (Å²) in [7, 11) is 0. The van der Waals surface area contributed by atoms with E-state index in [4.69, 9.17) is 23.2 Å². The van der Waals surface area contributed by atoms with Crippen molar-refractivity contribution in [3.8, 4) is 0 Å². The summed E-state index contributed by atoms with van der Waals surface area (Å²) in [5.41, 5.74) is -1.92. The van der Waals surface area contributed by atoms with Crippen molar-refractivity contribution >= 4 is 40.9 Å². The molecule has 0 unspecified atom stereocenters. The highest BCUT2D eigenvalue weighted by molar-refractivity contribution is 6.39. The van der Waals surface area contributed by atoms with Crippen molar-refractivity contribution in [2.24, 2.45) is 23.7 Å². The molecule has 0 aromatic carbocycles. The summed E-state index contributed by atoms with van der Waals surface area (Å²) in [6.07, 6.45) is -0.658. The summed E-state index contributed by atoms with van der Waals surface area (Å²) in [4.78, 5) is 42.6. The minimum absolute atomic E-state index is 0.0267. The zero-order chi connectivity index (χ0) is 27.2. The van der Waals surface area contributed by atoms with Gasteiger partial charge in [0, 0.05) is 18.9 Å². The molecule has 13 heteroatoms. The van der Waals surface area contributed by atoms with Gasteiger partial charge in [0.15, 0.2) is 11.5 Å². The average molecular weight is 561 g/mol. The maximum Gasteiger partial charge on any atom is 0.433 e. The summed E-state index contributed by atoms with van der Waals surface area (Å²) >= 11 is 12.1. The first-order valence-electron chi connectivity index (χ1n) is 11.8. The van der Waals surface area contributed by atoms with Gasteiger partial charge in [0.1, 0.15) is 0 Å². The Balaban J connectivity index is 1.63. The first-order chi connectivity index (χ1) is 17.3. The van der Waals surface area contributed by atoms with Crippen LogP contribution in [0.25, 0.3) is 0 Å². The number of aromatic nitrogens is 3. The van der Waals surface area contributed by atoms with Crippen molar-refractivity contribution in [3.63, 3.8) is 0 Å². The minimum Gasteiger partial charge on any atom is -0.481 e. The van der Waals surface area contributed by atoms with Gasteiger partial charge in [0.25, 0.3) is 5.91 Å². The molecule has 1 N–H and O–H groups in total. The van der Waals surface area contributed by atoms with Crippen molar-refractivity contribution in [2.75, 3.05) is 13.1 Å². The zero-order valence-corrected chi connectivity index (χ0v) is 21.5. The topological polar surface area (TPSA) is 105 Å². The molecule has 2 aliphatic rings. The van der Waals surface area contributed by atoms with E-state index in [2.05, 4.69) is 10.1 Å². The van der Waals surface area contributed by atoms with Gasteiger partial charge in [-0.15, -0.1) is 0 Å². The SMILES string of the molecule is CC(C)CCN(CC(=O)c1c(Cl)cncc1Cl)C(=O)c1cnn([C@H]2C[C@@H]3[C@H](C2)[C@@H]3C(=O)O)c1C(F)(F)F. The number of halogens is 5. The van der Waals surface area contributed by atoms with Crippen LogP contribution in [-0.2, 0) is 11.0 Å². The number of fused-ring (bicyclic) bond motifs is 1. The van der Waals surface area contributed by atoms with E-state index in [1.54, 1.807) is 0 Å². The summed E-state index contributed by atoms with van der Waals surface area (Å²) in [5.74, 6) is -3.38. The van der Waals surface area contributed by atoms with Crippen LogP contribution in [0.1, 0.15) is 65.6 Å². The third kappa shape index (κ3) is 5.47. The molecule has 0 saturated heterocycles. The number of aliphatic carboxylic acids is 1.